The lowest BCUT2D eigenvalue weighted by atomic mass is 10.1. The van der Waals surface area contributed by atoms with Gasteiger partial charge in [-0.3, -0.25) is 4.68 Å². The fraction of sp³-hybridized carbons (Fsp3) is 0.312. The number of benzene rings is 1. The number of rotatable bonds is 5. The Balaban J connectivity index is 1.97. The summed E-state index contributed by atoms with van der Waals surface area (Å²) in [7, 11) is 0. The molecule has 0 aliphatic heterocycles. The summed E-state index contributed by atoms with van der Waals surface area (Å²) in [4.78, 5) is 16.7. The second-order valence-corrected chi connectivity index (χ2v) is 5.80. The maximum atomic E-state index is 11.8. The third kappa shape index (κ3) is 3.86. The molecule has 24 heavy (non-hydrogen) atoms. The van der Waals surface area contributed by atoms with Gasteiger partial charge in [0.05, 0.1) is 29.4 Å². The third-order valence-corrected chi connectivity index (χ3v) is 4.27. The first-order valence-electron chi connectivity index (χ1n) is 7.39. The molecule has 0 radical (unpaired) electrons. The van der Waals surface area contributed by atoms with Gasteiger partial charge in [-0.1, -0.05) is 28.9 Å². The topological polar surface area (TPSA) is 109 Å². The van der Waals surface area contributed by atoms with Gasteiger partial charge >= 0.3 is 5.97 Å². The molecule has 0 saturated heterocycles. The SMILES string of the molecule is Cc1nn(CCC(=O)O/N=C(\N)c2cccc(N)c2C)c(C)c1Cl. The van der Waals surface area contributed by atoms with Gasteiger partial charge in [0.1, 0.15) is 0 Å². The van der Waals surface area contributed by atoms with E-state index in [-0.39, 0.29) is 12.3 Å². The van der Waals surface area contributed by atoms with Gasteiger partial charge in [0, 0.05) is 11.3 Å². The van der Waals surface area contributed by atoms with Crippen molar-refractivity contribution in [2.24, 2.45) is 10.9 Å². The van der Waals surface area contributed by atoms with Crippen molar-refractivity contribution in [2.45, 2.75) is 33.7 Å². The van der Waals surface area contributed by atoms with E-state index in [1.54, 1.807) is 22.9 Å². The number of anilines is 1. The van der Waals surface area contributed by atoms with Crippen LogP contribution in [0.1, 0.15) is 28.9 Å². The number of carbonyl (C=O) groups excluding carboxylic acids is 1. The molecule has 1 aromatic heterocycles. The summed E-state index contributed by atoms with van der Waals surface area (Å²) in [6.45, 7) is 5.82. The standard InChI is InChI=1S/C16H20ClN5O2/c1-9-12(5-4-6-13(9)18)16(19)21-24-14(23)7-8-22-11(3)15(17)10(2)20-22/h4-6H,7-8,18H2,1-3H3,(H2,19,21). The smallest absolute Gasteiger partial charge is 0.336 e. The van der Waals surface area contributed by atoms with E-state index in [2.05, 4.69) is 10.3 Å². The van der Waals surface area contributed by atoms with Crippen LogP contribution in [0.15, 0.2) is 23.4 Å². The zero-order valence-electron chi connectivity index (χ0n) is 13.8. The van der Waals surface area contributed by atoms with E-state index in [0.717, 1.165) is 17.0 Å². The number of amidine groups is 1. The van der Waals surface area contributed by atoms with Crippen LogP contribution in [0.4, 0.5) is 5.69 Å². The Labute approximate surface area is 145 Å². The highest BCUT2D eigenvalue weighted by Crippen LogP contribution is 2.19. The Morgan fingerprint density at radius 2 is 2.08 bits per heavy atom. The second-order valence-electron chi connectivity index (χ2n) is 5.42. The minimum Gasteiger partial charge on any atom is -0.398 e. The third-order valence-electron chi connectivity index (χ3n) is 3.72. The van der Waals surface area contributed by atoms with Crippen molar-refractivity contribution in [3.63, 3.8) is 0 Å². The second kappa shape index (κ2) is 7.35. The van der Waals surface area contributed by atoms with E-state index in [9.17, 15) is 4.79 Å². The molecule has 0 unspecified atom stereocenters. The zero-order chi connectivity index (χ0) is 17.9. The van der Waals surface area contributed by atoms with Crippen LogP contribution >= 0.6 is 11.6 Å². The van der Waals surface area contributed by atoms with Crippen molar-refractivity contribution < 1.29 is 9.63 Å². The van der Waals surface area contributed by atoms with Crippen molar-refractivity contribution in [3.05, 3.63) is 45.7 Å². The van der Waals surface area contributed by atoms with Gasteiger partial charge in [0.15, 0.2) is 5.84 Å². The van der Waals surface area contributed by atoms with Crippen LogP contribution in [-0.4, -0.2) is 21.6 Å². The highest BCUT2D eigenvalue weighted by molar-refractivity contribution is 6.31. The van der Waals surface area contributed by atoms with Crippen LogP contribution in [0.2, 0.25) is 5.02 Å². The normalized spacial score (nSPS) is 11.6. The van der Waals surface area contributed by atoms with Crippen molar-refractivity contribution >= 4 is 29.1 Å². The summed E-state index contributed by atoms with van der Waals surface area (Å²) in [5.74, 6) is -0.412. The molecular weight excluding hydrogens is 330 g/mol. The molecule has 128 valence electrons. The molecule has 0 aliphatic carbocycles. The number of nitrogens with zero attached hydrogens (tertiary/aromatic N) is 3. The van der Waals surface area contributed by atoms with Crippen LogP contribution < -0.4 is 11.5 Å². The summed E-state index contributed by atoms with van der Waals surface area (Å²) in [6, 6.07) is 5.28. The predicted molar refractivity (Wildman–Crippen MR) is 93.7 cm³/mol. The Morgan fingerprint density at radius 3 is 2.71 bits per heavy atom. The fourth-order valence-electron chi connectivity index (χ4n) is 2.22. The largest absolute Gasteiger partial charge is 0.398 e. The fourth-order valence-corrected chi connectivity index (χ4v) is 2.35. The summed E-state index contributed by atoms with van der Waals surface area (Å²) in [5, 5.41) is 8.54. The molecule has 0 amide bonds. The molecule has 0 saturated carbocycles. The Hall–Kier alpha value is -2.54. The number of nitrogens with two attached hydrogens (primary N) is 2. The molecule has 2 rings (SSSR count). The highest BCUT2D eigenvalue weighted by Gasteiger charge is 2.12. The molecule has 0 spiro atoms. The molecular formula is C16H20ClN5O2. The van der Waals surface area contributed by atoms with Gasteiger partial charge in [0.25, 0.3) is 0 Å². The lowest BCUT2D eigenvalue weighted by Gasteiger charge is -2.07. The van der Waals surface area contributed by atoms with Crippen LogP contribution in [0.5, 0.6) is 0 Å². The van der Waals surface area contributed by atoms with E-state index in [1.165, 1.54) is 0 Å². The Morgan fingerprint density at radius 1 is 1.38 bits per heavy atom. The summed E-state index contributed by atoms with van der Waals surface area (Å²) in [6.07, 6.45) is 0.102. The molecule has 4 N–H and O–H groups in total. The first kappa shape index (κ1) is 17.8. The molecule has 0 bridgehead atoms. The Kier molecular flexibility index (Phi) is 5.46. The van der Waals surface area contributed by atoms with Gasteiger partial charge in [-0.2, -0.15) is 5.10 Å². The Bertz CT molecular complexity index is 798. The molecule has 0 atom stereocenters. The number of halogens is 1. The van der Waals surface area contributed by atoms with Crippen LogP contribution in [0.25, 0.3) is 0 Å². The molecule has 8 heteroatoms. The van der Waals surface area contributed by atoms with Gasteiger partial charge < -0.3 is 16.3 Å². The molecule has 2 aromatic rings. The van der Waals surface area contributed by atoms with Crippen molar-refractivity contribution in [3.8, 4) is 0 Å². The van der Waals surface area contributed by atoms with Gasteiger partial charge in [-0.05, 0) is 32.4 Å². The average molecular weight is 350 g/mol. The maximum absolute atomic E-state index is 11.8. The number of hydrogen-bond acceptors (Lipinski definition) is 5. The molecule has 0 aliphatic rings. The van der Waals surface area contributed by atoms with E-state index in [0.29, 0.717) is 22.8 Å². The van der Waals surface area contributed by atoms with E-state index in [1.807, 2.05) is 20.8 Å². The molecule has 7 nitrogen and oxygen atoms in total. The van der Waals surface area contributed by atoms with E-state index < -0.39 is 5.97 Å². The number of aromatic nitrogens is 2. The minimum atomic E-state index is -0.511. The average Bonchev–Trinajstić information content (AvgIpc) is 2.80. The van der Waals surface area contributed by atoms with Gasteiger partial charge in [-0.25, -0.2) is 4.79 Å². The lowest BCUT2D eigenvalue weighted by Crippen LogP contribution is -2.17. The number of aryl methyl sites for hydroxylation is 2. The maximum Gasteiger partial charge on any atom is 0.336 e. The van der Waals surface area contributed by atoms with Crippen LogP contribution in [0.3, 0.4) is 0 Å². The van der Waals surface area contributed by atoms with Crippen molar-refractivity contribution in [1.29, 1.82) is 0 Å². The van der Waals surface area contributed by atoms with Gasteiger partial charge in [-0.15, -0.1) is 0 Å². The number of hydrogen-bond donors (Lipinski definition) is 2. The molecule has 1 heterocycles. The minimum absolute atomic E-state index is 0.0994. The first-order chi connectivity index (χ1) is 11.3. The first-order valence-corrected chi connectivity index (χ1v) is 7.77. The molecule has 0 fully saturated rings. The predicted octanol–water partition coefficient (Wildman–Crippen LogP) is 2.30. The van der Waals surface area contributed by atoms with Crippen molar-refractivity contribution in [2.75, 3.05) is 5.73 Å². The number of nitrogen functional groups attached to an aromatic ring is 1. The quantitative estimate of drug-likeness (QED) is 0.283. The van der Waals surface area contributed by atoms with E-state index in [4.69, 9.17) is 27.9 Å². The zero-order valence-corrected chi connectivity index (χ0v) is 14.6. The molecule has 1 aromatic carbocycles. The van der Waals surface area contributed by atoms with Gasteiger partial charge in [0.2, 0.25) is 0 Å². The number of oxime groups is 1. The van der Waals surface area contributed by atoms with Crippen molar-refractivity contribution in [1.82, 2.24) is 9.78 Å². The summed E-state index contributed by atoms with van der Waals surface area (Å²) < 4.78 is 1.66. The van der Waals surface area contributed by atoms with Crippen LogP contribution in [-0.2, 0) is 16.2 Å². The van der Waals surface area contributed by atoms with Crippen LogP contribution in [0, 0.1) is 20.8 Å². The lowest BCUT2D eigenvalue weighted by molar-refractivity contribution is -0.144. The summed E-state index contributed by atoms with van der Waals surface area (Å²) >= 11 is 6.06. The monoisotopic (exact) mass is 349 g/mol. The number of carbonyl (C=O) groups is 1. The summed E-state index contributed by atoms with van der Waals surface area (Å²) in [5.41, 5.74) is 15.2. The van der Waals surface area contributed by atoms with E-state index >= 15 is 0 Å². The highest BCUT2D eigenvalue weighted by atomic mass is 35.5.